The first-order valence-corrected chi connectivity index (χ1v) is 17.0. The van der Waals surface area contributed by atoms with Crippen molar-refractivity contribution in [3.63, 3.8) is 0 Å². The third-order valence-corrected chi connectivity index (χ3v) is 10.0. The number of piperidine rings is 2. The third kappa shape index (κ3) is 6.98. The van der Waals surface area contributed by atoms with Crippen LogP contribution in [-0.2, 0) is 16.0 Å². The average Bonchev–Trinajstić information content (AvgIpc) is 3.17. The summed E-state index contributed by atoms with van der Waals surface area (Å²) < 4.78 is 0. The molecule has 7 nitrogen and oxygen atoms in total. The molecule has 3 heterocycles. The number of likely N-dealkylation sites (tertiary alicyclic amines) is 1. The maximum atomic E-state index is 13.9. The highest BCUT2D eigenvalue weighted by molar-refractivity contribution is 6.14. The molecular weight excluding hydrogens is 534 g/mol. The number of para-hydroxylation sites is 1. The number of aliphatic imine (C=N–C) groups is 1. The van der Waals surface area contributed by atoms with E-state index in [1.165, 1.54) is 70.1 Å². The van der Waals surface area contributed by atoms with Crippen molar-refractivity contribution in [2.45, 2.75) is 96.2 Å². The number of anilines is 2. The van der Waals surface area contributed by atoms with Gasteiger partial charge in [-0.3, -0.25) is 14.6 Å². The van der Waals surface area contributed by atoms with Gasteiger partial charge in [0.15, 0.2) is 0 Å². The predicted octanol–water partition coefficient (Wildman–Crippen LogP) is 5.95. The summed E-state index contributed by atoms with van der Waals surface area (Å²) in [5.41, 5.74) is 5.14. The molecular formula is C36H49N5O2. The number of hydrogen-bond acceptors (Lipinski definition) is 5. The van der Waals surface area contributed by atoms with E-state index in [0.29, 0.717) is 12.5 Å². The number of amides is 2. The molecule has 2 aromatic rings. The SMILES string of the molecule is CCCN1C(=O)C(NC(=O)Cc2ccc(N3CCC(N4CCCCC4)CC3)cc2)N=C(C2CCCCC2)c2ccccc21. The molecule has 43 heavy (non-hydrogen) atoms. The van der Waals surface area contributed by atoms with Gasteiger partial charge < -0.3 is 20.0 Å². The molecule has 7 heteroatoms. The standard InChI is InChI=1S/C36H49N5O2/c1-2-21-41-32-14-8-7-13-31(32)34(28-11-5-3-6-12-28)38-35(36(41)43)37-33(42)26-27-15-17-29(18-16-27)40-24-19-30(20-25-40)39-22-9-4-10-23-39/h7-8,13-18,28,30,35H,2-6,9-12,19-26H2,1H3,(H,37,42). The predicted molar refractivity (Wildman–Crippen MR) is 175 cm³/mol. The number of hydrogen-bond donors (Lipinski definition) is 1. The van der Waals surface area contributed by atoms with Crippen molar-refractivity contribution in [3.05, 3.63) is 59.7 Å². The molecule has 3 aliphatic heterocycles. The summed E-state index contributed by atoms with van der Waals surface area (Å²) in [5, 5.41) is 3.03. The van der Waals surface area contributed by atoms with Crippen LogP contribution >= 0.6 is 0 Å². The molecule has 230 valence electrons. The maximum Gasteiger partial charge on any atom is 0.272 e. The van der Waals surface area contributed by atoms with E-state index in [1.807, 2.05) is 23.1 Å². The minimum atomic E-state index is -0.899. The quantitative estimate of drug-likeness (QED) is 0.417. The fraction of sp³-hybridized carbons (Fsp3) is 0.583. The van der Waals surface area contributed by atoms with Crippen LogP contribution in [0.2, 0.25) is 0 Å². The molecule has 1 unspecified atom stereocenters. The fourth-order valence-electron chi connectivity index (χ4n) is 7.69. The first-order chi connectivity index (χ1) is 21.1. The van der Waals surface area contributed by atoms with Gasteiger partial charge in [-0.25, -0.2) is 0 Å². The lowest BCUT2D eigenvalue weighted by atomic mass is 9.83. The Hall–Kier alpha value is -3.19. The molecule has 1 N–H and O–H groups in total. The van der Waals surface area contributed by atoms with Crippen LogP contribution in [0.4, 0.5) is 11.4 Å². The number of rotatable bonds is 8. The highest BCUT2D eigenvalue weighted by Gasteiger charge is 2.34. The number of nitrogens with one attached hydrogen (secondary N) is 1. The molecule has 2 amide bonds. The van der Waals surface area contributed by atoms with Gasteiger partial charge in [0.25, 0.3) is 5.91 Å². The number of nitrogens with zero attached hydrogens (tertiary/aromatic N) is 4. The zero-order valence-electron chi connectivity index (χ0n) is 26.0. The van der Waals surface area contributed by atoms with Gasteiger partial charge in [-0.1, -0.05) is 62.9 Å². The molecule has 2 aromatic carbocycles. The highest BCUT2D eigenvalue weighted by Crippen LogP contribution is 2.34. The van der Waals surface area contributed by atoms with E-state index in [1.54, 1.807) is 0 Å². The van der Waals surface area contributed by atoms with Crippen LogP contribution in [0.15, 0.2) is 53.5 Å². The molecule has 0 bridgehead atoms. The monoisotopic (exact) mass is 583 g/mol. The summed E-state index contributed by atoms with van der Waals surface area (Å²) in [5.74, 6) is 0.0144. The van der Waals surface area contributed by atoms with Crippen molar-refractivity contribution < 1.29 is 9.59 Å². The topological polar surface area (TPSA) is 68.2 Å². The summed E-state index contributed by atoms with van der Waals surface area (Å²) in [6, 6.07) is 17.3. The number of carbonyl (C=O) groups is 2. The Morgan fingerprint density at radius 1 is 0.860 bits per heavy atom. The minimum absolute atomic E-state index is 0.142. The van der Waals surface area contributed by atoms with Gasteiger partial charge in [0.05, 0.1) is 17.8 Å². The molecule has 6 rings (SSSR count). The molecule has 4 aliphatic rings. The molecule has 2 saturated heterocycles. The Kier molecular flexibility index (Phi) is 9.77. The molecule has 1 saturated carbocycles. The lowest BCUT2D eigenvalue weighted by Gasteiger charge is -2.41. The van der Waals surface area contributed by atoms with Crippen molar-refractivity contribution in [1.82, 2.24) is 10.2 Å². The van der Waals surface area contributed by atoms with Crippen LogP contribution in [0.5, 0.6) is 0 Å². The van der Waals surface area contributed by atoms with Gasteiger partial charge in [0, 0.05) is 42.8 Å². The van der Waals surface area contributed by atoms with Crippen molar-refractivity contribution in [2.75, 3.05) is 42.5 Å². The summed E-state index contributed by atoms with van der Waals surface area (Å²) in [7, 11) is 0. The van der Waals surface area contributed by atoms with E-state index in [-0.39, 0.29) is 18.2 Å². The van der Waals surface area contributed by atoms with Crippen molar-refractivity contribution in [3.8, 4) is 0 Å². The Bertz CT molecular complexity index is 1270. The zero-order valence-corrected chi connectivity index (χ0v) is 26.0. The van der Waals surface area contributed by atoms with Crippen molar-refractivity contribution >= 4 is 28.9 Å². The zero-order chi connectivity index (χ0) is 29.6. The molecule has 1 aliphatic carbocycles. The summed E-state index contributed by atoms with van der Waals surface area (Å²) in [6.45, 7) is 7.39. The smallest absolute Gasteiger partial charge is 0.272 e. The van der Waals surface area contributed by atoms with E-state index in [2.05, 4.69) is 52.4 Å². The first-order valence-electron chi connectivity index (χ1n) is 17.0. The summed E-state index contributed by atoms with van der Waals surface area (Å²) in [6.07, 6.45) is 12.5. The van der Waals surface area contributed by atoms with Crippen molar-refractivity contribution in [1.29, 1.82) is 0 Å². The summed E-state index contributed by atoms with van der Waals surface area (Å²) in [4.78, 5) is 39.3. The highest BCUT2D eigenvalue weighted by atomic mass is 16.2. The second-order valence-corrected chi connectivity index (χ2v) is 13.0. The number of benzene rings is 2. The van der Waals surface area contributed by atoms with Crippen LogP contribution in [0.1, 0.15) is 88.7 Å². The van der Waals surface area contributed by atoms with Gasteiger partial charge in [0.1, 0.15) is 0 Å². The second kappa shape index (κ2) is 14.1. The van der Waals surface area contributed by atoms with Gasteiger partial charge >= 0.3 is 0 Å². The second-order valence-electron chi connectivity index (χ2n) is 13.0. The first kappa shape index (κ1) is 29.9. The van der Waals surface area contributed by atoms with Crippen LogP contribution < -0.4 is 15.1 Å². The Balaban J connectivity index is 1.12. The van der Waals surface area contributed by atoms with E-state index >= 15 is 0 Å². The third-order valence-electron chi connectivity index (χ3n) is 10.0. The van der Waals surface area contributed by atoms with Crippen LogP contribution in [0.25, 0.3) is 0 Å². The van der Waals surface area contributed by atoms with Gasteiger partial charge in [0.2, 0.25) is 12.1 Å². The minimum Gasteiger partial charge on any atom is -0.371 e. The Morgan fingerprint density at radius 2 is 1.56 bits per heavy atom. The van der Waals surface area contributed by atoms with Gasteiger partial charge in [-0.2, -0.15) is 0 Å². The van der Waals surface area contributed by atoms with Crippen molar-refractivity contribution in [2.24, 2.45) is 10.9 Å². The Morgan fingerprint density at radius 3 is 2.28 bits per heavy atom. The lowest BCUT2D eigenvalue weighted by molar-refractivity contribution is -0.127. The fourth-order valence-corrected chi connectivity index (χ4v) is 7.69. The van der Waals surface area contributed by atoms with Gasteiger partial charge in [-0.05, 0) is 81.8 Å². The largest absolute Gasteiger partial charge is 0.371 e. The molecule has 0 aromatic heterocycles. The molecule has 0 spiro atoms. The van der Waals surface area contributed by atoms with E-state index in [0.717, 1.165) is 60.9 Å². The normalized spacial score (nSPS) is 22.6. The lowest BCUT2D eigenvalue weighted by Crippen LogP contribution is -2.48. The van der Waals surface area contributed by atoms with Crippen LogP contribution in [-0.4, -0.2) is 67.4 Å². The molecule has 3 fully saturated rings. The number of fused-ring (bicyclic) bond motifs is 1. The molecule has 0 radical (unpaired) electrons. The van der Waals surface area contributed by atoms with Crippen LogP contribution in [0, 0.1) is 5.92 Å². The van der Waals surface area contributed by atoms with E-state index in [4.69, 9.17) is 4.99 Å². The number of benzodiazepines with no additional fused rings is 1. The maximum absolute atomic E-state index is 13.9. The van der Waals surface area contributed by atoms with E-state index in [9.17, 15) is 9.59 Å². The summed E-state index contributed by atoms with van der Waals surface area (Å²) >= 11 is 0. The average molecular weight is 584 g/mol. The van der Waals surface area contributed by atoms with E-state index < -0.39 is 6.17 Å². The molecule has 1 atom stereocenters. The number of carbonyl (C=O) groups excluding carboxylic acids is 2. The Labute approximate surface area is 257 Å². The van der Waals surface area contributed by atoms with Gasteiger partial charge in [-0.15, -0.1) is 0 Å². The van der Waals surface area contributed by atoms with Crippen LogP contribution in [0.3, 0.4) is 0 Å².